The van der Waals surface area contributed by atoms with Crippen molar-refractivity contribution in [2.75, 3.05) is 13.7 Å². The third-order valence-corrected chi connectivity index (χ3v) is 5.74. The number of nitrogens with zero attached hydrogens (tertiary/aromatic N) is 1. The lowest BCUT2D eigenvalue weighted by atomic mass is 9.96. The Bertz CT molecular complexity index is 1080. The second-order valence-corrected chi connectivity index (χ2v) is 7.76. The van der Waals surface area contributed by atoms with Crippen molar-refractivity contribution >= 4 is 16.8 Å². The van der Waals surface area contributed by atoms with Gasteiger partial charge in [0, 0.05) is 23.6 Å². The topological polar surface area (TPSA) is 133 Å². The summed E-state index contributed by atoms with van der Waals surface area (Å²) >= 11 is 0. The molecule has 1 saturated heterocycles. The zero-order valence-electron chi connectivity index (χ0n) is 17.5. The van der Waals surface area contributed by atoms with Crippen LogP contribution in [0.25, 0.3) is 10.9 Å². The van der Waals surface area contributed by atoms with Gasteiger partial charge in [0.2, 0.25) is 0 Å². The van der Waals surface area contributed by atoms with Crippen LogP contribution in [0.15, 0.2) is 54.7 Å². The first-order valence-corrected chi connectivity index (χ1v) is 10.2. The van der Waals surface area contributed by atoms with Gasteiger partial charge < -0.3 is 39.8 Å². The Morgan fingerprint density at radius 3 is 2.50 bits per heavy atom. The smallest absolute Gasteiger partial charge is 0.253 e. The Morgan fingerprint density at radius 1 is 1.09 bits per heavy atom. The highest BCUT2D eigenvalue weighted by molar-refractivity contribution is 6.07. The molecular formula is C23H26N2O7. The summed E-state index contributed by atoms with van der Waals surface area (Å²) in [5, 5.41) is 43.1. The maximum Gasteiger partial charge on any atom is 0.253 e. The summed E-state index contributed by atoms with van der Waals surface area (Å²) < 4.78 is 12.3. The fourth-order valence-electron chi connectivity index (χ4n) is 3.97. The number of aliphatic hydroxyl groups excluding tert-OH is 4. The SMILES string of the molecule is COc1ccc(Cn2cc(C(=O)N[C@H]3C(O)OC(CO)[C@@H](O)C3O)c3ccccc32)cc1. The first-order chi connectivity index (χ1) is 15.4. The van der Waals surface area contributed by atoms with Crippen LogP contribution in [0.2, 0.25) is 0 Å². The lowest BCUT2D eigenvalue weighted by Gasteiger charge is -2.40. The third-order valence-electron chi connectivity index (χ3n) is 5.74. The molecule has 9 heteroatoms. The number of hydrogen-bond acceptors (Lipinski definition) is 7. The number of para-hydroxylation sites is 1. The van der Waals surface area contributed by atoms with E-state index >= 15 is 0 Å². The van der Waals surface area contributed by atoms with Gasteiger partial charge >= 0.3 is 0 Å². The van der Waals surface area contributed by atoms with Gasteiger partial charge in [0.05, 0.1) is 19.3 Å². The van der Waals surface area contributed by atoms with Crippen molar-refractivity contribution in [2.45, 2.75) is 37.2 Å². The molecule has 0 radical (unpaired) electrons. The Labute approximate surface area is 184 Å². The lowest BCUT2D eigenvalue weighted by Crippen LogP contribution is -2.64. The van der Waals surface area contributed by atoms with Crippen molar-refractivity contribution in [3.8, 4) is 5.75 Å². The molecule has 0 spiro atoms. The summed E-state index contributed by atoms with van der Waals surface area (Å²) in [5.41, 5.74) is 2.21. The van der Waals surface area contributed by atoms with Crippen molar-refractivity contribution in [1.29, 1.82) is 0 Å². The van der Waals surface area contributed by atoms with Gasteiger partial charge in [-0.15, -0.1) is 0 Å². The van der Waals surface area contributed by atoms with Gasteiger partial charge in [0.15, 0.2) is 6.29 Å². The van der Waals surface area contributed by atoms with Crippen LogP contribution >= 0.6 is 0 Å². The maximum atomic E-state index is 13.1. The maximum absolute atomic E-state index is 13.1. The Hall–Kier alpha value is -2.95. The Kier molecular flexibility index (Phi) is 6.45. The van der Waals surface area contributed by atoms with Gasteiger partial charge in [-0.2, -0.15) is 0 Å². The van der Waals surface area contributed by atoms with Crippen molar-refractivity contribution < 1.29 is 34.7 Å². The average molecular weight is 442 g/mol. The number of benzene rings is 2. The van der Waals surface area contributed by atoms with Crippen LogP contribution in [0.1, 0.15) is 15.9 Å². The number of rotatable bonds is 6. The van der Waals surface area contributed by atoms with Crippen molar-refractivity contribution in [2.24, 2.45) is 0 Å². The van der Waals surface area contributed by atoms with Crippen LogP contribution in [0.5, 0.6) is 5.75 Å². The number of aromatic nitrogens is 1. The average Bonchev–Trinajstić information content (AvgIpc) is 3.18. The molecular weight excluding hydrogens is 416 g/mol. The summed E-state index contributed by atoms with van der Waals surface area (Å²) in [4.78, 5) is 13.1. The van der Waals surface area contributed by atoms with E-state index in [1.165, 1.54) is 0 Å². The molecule has 2 heterocycles. The van der Waals surface area contributed by atoms with E-state index in [2.05, 4.69) is 5.32 Å². The number of carbonyl (C=O) groups is 1. The molecule has 3 aromatic rings. The number of methoxy groups -OCH3 is 1. The van der Waals surface area contributed by atoms with E-state index in [1.54, 1.807) is 13.3 Å². The molecule has 1 fully saturated rings. The summed E-state index contributed by atoms with van der Waals surface area (Å²) in [7, 11) is 1.60. The van der Waals surface area contributed by atoms with E-state index in [9.17, 15) is 25.2 Å². The number of ether oxygens (including phenoxy) is 2. The molecule has 5 N–H and O–H groups in total. The summed E-state index contributed by atoms with van der Waals surface area (Å²) in [5.74, 6) is 0.222. The largest absolute Gasteiger partial charge is 0.497 e. The number of amides is 1. The predicted octanol–water partition coefficient (Wildman–Crippen LogP) is 0.228. The van der Waals surface area contributed by atoms with Crippen LogP contribution in [0.4, 0.5) is 0 Å². The minimum atomic E-state index is -1.58. The second kappa shape index (κ2) is 9.27. The fourth-order valence-corrected chi connectivity index (χ4v) is 3.97. The van der Waals surface area contributed by atoms with Crippen LogP contribution in [-0.2, 0) is 11.3 Å². The van der Waals surface area contributed by atoms with Gasteiger partial charge in [-0.3, -0.25) is 4.79 Å². The van der Waals surface area contributed by atoms with Crippen molar-refractivity contribution in [1.82, 2.24) is 9.88 Å². The highest BCUT2D eigenvalue weighted by atomic mass is 16.6. The highest BCUT2D eigenvalue weighted by Crippen LogP contribution is 2.25. The van der Waals surface area contributed by atoms with E-state index in [0.29, 0.717) is 17.5 Å². The number of nitrogens with one attached hydrogen (secondary N) is 1. The standard InChI is InChI=1S/C23H26N2O7/c1-31-14-8-6-13(7-9-14)10-25-11-16(15-4-2-3-5-17(15)25)22(29)24-19-21(28)20(27)18(12-26)32-23(19)30/h2-9,11,18-21,23,26-28,30H,10,12H2,1H3,(H,24,29)/t18?,19-,20-,21?,23?/m1/s1. The van der Waals surface area contributed by atoms with E-state index < -0.39 is 43.2 Å². The van der Waals surface area contributed by atoms with E-state index in [-0.39, 0.29) is 0 Å². The fraction of sp³-hybridized carbons (Fsp3) is 0.348. The predicted molar refractivity (Wildman–Crippen MR) is 115 cm³/mol. The van der Waals surface area contributed by atoms with Gasteiger partial charge in [0.1, 0.15) is 30.1 Å². The van der Waals surface area contributed by atoms with Gasteiger partial charge in [0.25, 0.3) is 5.91 Å². The molecule has 0 saturated carbocycles. The molecule has 0 bridgehead atoms. The van der Waals surface area contributed by atoms with E-state index in [1.807, 2.05) is 53.1 Å². The molecule has 0 aliphatic carbocycles. The molecule has 5 atom stereocenters. The van der Waals surface area contributed by atoms with Crippen LogP contribution in [0, 0.1) is 0 Å². The Balaban J connectivity index is 1.59. The third kappa shape index (κ3) is 4.21. The van der Waals surface area contributed by atoms with Gasteiger partial charge in [-0.1, -0.05) is 30.3 Å². The van der Waals surface area contributed by atoms with Crippen molar-refractivity contribution in [3.05, 3.63) is 65.9 Å². The highest BCUT2D eigenvalue weighted by Gasteiger charge is 2.44. The molecule has 1 aliphatic rings. The molecule has 4 rings (SSSR count). The first kappa shape index (κ1) is 22.3. The Morgan fingerprint density at radius 2 is 1.81 bits per heavy atom. The zero-order valence-corrected chi connectivity index (χ0v) is 17.5. The van der Waals surface area contributed by atoms with Crippen LogP contribution in [0.3, 0.4) is 0 Å². The van der Waals surface area contributed by atoms with Crippen LogP contribution in [-0.4, -0.2) is 75.3 Å². The molecule has 9 nitrogen and oxygen atoms in total. The summed E-state index contributed by atoms with van der Waals surface area (Å²) in [6.45, 7) is -0.0543. The van der Waals surface area contributed by atoms with E-state index in [0.717, 1.165) is 16.8 Å². The molecule has 3 unspecified atom stereocenters. The molecule has 1 amide bonds. The molecule has 170 valence electrons. The summed E-state index contributed by atoms with van der Waals surface area (Å²) in [6.07, 6.45) is -3.97. The molecule has 2 aromatic carbocycles. The number of hydrogen-bond donors (Lipinski definition) is 5. The normalized spacial score (nSPS) is 25.6. The minimum absolute atomic E-state index is 0.354. The van der Waals surface area contributed by atoms with Crippen molar-refractivity contribution in [3.63, 3.8) is 0 Å². The molecule has 32 heavy (non-hydrogen) atoms. The minimum Gasteiger partial charge on any atom is -0.497 e. The lowest BCUT2D eigenvalue weighted by molar-refractivity contribution is -0.252. The zero-order chi connectivity index (χ0) is 22.8. The second-order valence-electron chi connectivity index (χ2n) is 7.76. The van der Waals surface area contributed by atoms with Gasteiger partial charge in [-0.25, -0.2) is 0 Å². The number of carbonyl (C=O) groups excluding carboxylic acids is 1. The number of aliphatic hydroxyl groups is 4. The van der Waals surface area contributed by atoms with E-state index in [4.69, 9.17) is 9.47 Å². The molecule has 1 aromatic heterocycles. The monoisotopic (exact) mass is 442 g/mol. The van der Waals surface area contributed by atoms with Crippen LogP contribution < -0.4 is 10.1 Å². The first-order valence-electron chi connectivity index (χ1n) is 10.2. The van der Waals surface area contributed by atoms with Gasteiger partial charge in [-0.05, 0) is 23.8 Å². The summed E-state index contributed by atoms with van der Waals surface area (Å²) in [6, 6.07) is 13.8. The number of fused-ring (bicyclic) bond motifs is 1. The quantitative estimate of drug-likeness (QED) is 0.369. The molecule has 1 aliphatic heterocycles.